The van der Waals surface area contributed by atoms with Gasteiger partial charge < -0.3 is 14.7 Å². The Kier molecular flexibility index (Phi) is 4.22. The molecule has 0 bridgehead atoms. The summed E-state index contributed by atoms with van der Waals surface area (Å²) in [6.45, 7) is 3.06. The van der Waals surface area contributed by atoms with Crippen LogP contribution < -0.4 is 0 Å². The number of fused-ring (bicyclic) bond motifs is 3. The standard InChI is InChI=1S/C21H23NO3/c1-14-10-15(12-23)11-22(14)21(24)25-13-20-18-8-4-2-6-16(18)17-7-3-5-9-19(17)20/h2-9,14-15,20,23H,10-13H2,1H3. The van der Waals surface area contributed by atoms with Gasteiger partial charge in [-0.2, -0.15) is 0 Å². The Morgan fingerprint density at radius 2 is 1.72 bits per heavy atom. The Labute approximate surface area is 148 Å². The van der Waals surface area contributed by atoms with Crippen molar-refractivity contribution in [2.24, 2.45) is 5.92 Å². The predicted octanol–water partition coefficient (Wildman–Crippen LogP) is 3.64. The third-order valence-corrected chi connectivity index (χ3v) is 5.49. The van der Waals surface area contributed by atoms with Crippen LogP contribution in [0.4, 0.5) is 4.79 Å². The van der Waals surface area contributed by atoms with Crippen molar-refractivity contribution < 1.29 is 14.6 Å². The van der Waals surface area contributed by atoms with Crippen molar-refractivity contribution in [3.63, 3.8) is 0 Å². The van der Waals surface area contributed by atoms with Crippen LogP contribution in [0.3, 0.4) is 0 Å². The van der Waals surface area contributed by atoms with E-state index in [1.165, 1.54) is 22.3 Å². The summed E-state index contributed by atoms with van der Waals surface area (Å²) in [5, 5.41) is 9.33. The fraction of sp³-hybridized carbons (Fsp3) is 0.381. The van der Waals surface area contributed by atoms with E-state index in [0.717, 1.165) is 6.42 Å². The summed E-state index contributed by atoms with van der Waals surface area (Å²) < 4.78 is 5.69. The van der Waals surface area contributed by atoms with E-state index in [2.05, 4.69) is 24.3 Å². The average molecular weight is 337 g/mol. The van der Waals surface area contributed by atoms with E-state index < -0.39 is 0 Å². The highest BCUT2D eigenvalue weighted by atomic mass is 16.6. The number of benzene rings is 2. The van der Waals surface area contributed by atoms with Gasteiger partial charge in [-0.1, -0.05) is 48.5 Å². The zero-order chi connectivity index (χ0) is 17.4. The lowest BCUT2D eigenvalue weighted by Gasteiger charge is -2.22. The second-order valence-electron chi connectivity index (χ2n) is 7.09. The van der Waals surface area contributed by atoms with Gasteiger partial charge >= 0.3 is 6.09 Å². The summed E-state index contributed by atoms with van der Waals surface area (Å²) in [4.78, 5) is 14.3. The molecule has 0 saturated carbocycles. The molecule has 4 rings (SSSR count). The largest absolute Gasteiger partial charge is 0.448 e. The minimum absolute atomic E-state index is 0.0860. The minimum Gasteiger partial charge on any atom is -0.448 e. The number of rotatable bonds is 3. The molecule has 2 aromatic rings. The maximum atomic E-state index is 12.5. The molecule has 1 amide bonds. The molecule has 2 aromatic carbocycles. The first-order valence-electron chi connectivity index (χ1n) is 8.91. The first-order valence-corrected chi connectivity index (χ1v) is 8.91. The van der Waals surface area contributed by atoms with E-state index in [4.69, 9.17) is 4.74 Å². The number of hydrogen-bond acceptors (Lipinski definition) is 3. The molecular formula is C21H23NO3. The number of hydrogen-bond donors (Lipinski definition) is 1. The molecule has 130 valence electrons. The van der Waals surface area contributed by atoms with Gasteiger partial charge in [-0.25, -0.2) is 4.79 Å². The van der Waals surface area contributed by atoms with E-state index in [1.54, 1.807) is 4.90 Å². The molecule has 1 N–H and O–H groups in total. The number of carbonyl (C=O) groups is 1. The van der Waals surface area contributed by atoms with Crippen molar-refractivity contribution in [1.82, 2.24) is 4.90 Å². The van der Waals surface area contributed by atoms with E-state index in [9.17, 15) is 9.90 Å². The van der Waals surface area contributed by atoms with Gasteiger partial charge in [-0.15, -0.1) is 0 Å². The lowest BCUT2D eigenvalue weighted by Crippen LogP contribution is -2.35. The van der Waals surface area contributed by atoms with Crippen molar-refractivity contribution in [3.8, 4) is 11.1 Å². The van der Waals surface area contributed by atoms with Crippen LogP contribution in [0, 0.1) is 5.92 Å². The van der Waals surface area contributed by atoms with E-state index in [-0.39, 0.29) is 30.6 Å². The Bertz CT molecular complexity index is 743. The van der Waals surface area contributed by atoms with E-state index in [1.807, 2.05) is 31.2 Å². The normalized spacial score (nSPS) is 21.9. The number of aliphatic hydroxyl groups excluding tert-OH is 1. The van der Waals surface area contributed by atoms with Gasteiger partial charge in [-0.05, 0) is 35.6 Å². The van der Waals surface area contributed by atoms with Crippen LogP contribution in [-0.2, 0) is 4.74 Å². The van der Waals surface area contributed by atoms with Crippen molar-refractivity contribution in [3.05, 3.63) is 59.7 Å². The number of aliphatic hydroxyl groups is 1. The molecule has 2 aliphatic rings. The number of ether oxygens (including phenoxy) is 1. The molecule has 1 aliphatic carbocycles. The van der Waals surface area contributed by atoms with Gasteiger partial charge in [0.15, 0.2) is 0 Å². The third-order valence-electron chi connectivity index (χ3n) is 5.49. The highest BCUT2D eigenvalue weighted by Crippen LogP contribution is 2.44. The Hall–Kier alpha value is -2.33. The van der Waals surface area contributed by atoms with Crippen LogP contribution in [0.5, 0.6) is 0 Å². The topological polar surface area (TPSA) is 49.8 Å². The molecule has 1 aliphatic heterocycles. The zero-order valence-corrected chi connectivity index (χ0v) is 14.4. The van der Waals surface area contributed by atoms with Crippen molar-refractivity contribution >= 4 is 6.09 Å². The molecule has 25 heavy (non-hydrogen) atoms. The zero-order valence-electron chi connectivity index (χ0n) is 14.4. The quantitative estimate of drug-likeness (QED) is 0.930. The lowest BCUT2D eigenvalue weighted by atomic mass is 9.98. The molecule has 1 saturated heterocycles. The fourth-order valence-corrected chi connectivity index (χ4v) is 4.21. The van der Waals surface area contributed by atoms with Gasteiger partial charge in [-0.3, -0.25) is 0 Å². The highest BCUT2D eigenvalue weighted by molar-refractivity contribution is 5.79. The molecule has 1 heterocycles. The Morgan fingerprint density at radius 1 is 1.12 bits per heavy atom. The van der Waals surface area contributed by atoms with Crippen molar-refractivity contribution in [1.29, 1.82) is 0 Å². The predicted molar refractivity (Wildman–Crippen MR) is 96.4 cm³/mol. The van der Waals surface area contributed by atoms with Crippen molar-refractivity contribution in [2.75, 3.05) is 19.8 Å². The second kappa shape index (κ2) is 6.52. The number of carbonyl (C=O) groups excluding carboxylic acids is 1. The van der Waals surface area contributed by atoms with Crippen LogP contribution in [-0.4, -0.2) is 41.9 Å². The monoisotopic (exact) mass is 337 g/mol. The molecule has 0 aromatic heterocycles. The van der Waals surface area contributed by atoms with Crippen LogP contribution in [0.25, 0.3) is 11.1 Å². The molecule has 1 fully saturated rings. The maximum Gasteiger partial charge on any atom is 0.410 e. The molecule has 2 unspecified atom stereocenters. The maximum absolute atomic E-state index is 12.5. The lowest BCUT2D eigenvalue weighted by molar-refractivity contribution is 0.0960. The van der Waals surface area contributed by atoms with E-state index >= 15 is 0 Å². The summed E-state index contributed by atoms with van der Waals surface area (Å²) >= 11 is 0. The number of likely N-dealkylation sites (tertiary alicyclic amines) is 1. The van der Waals surface area contributed by atoms with Crippen LogP contribution in [0.2, 0.25) is 0 Å². The van der Waals surface area contributed by atoms with Crippen LogP contribution >= 0.6 is 0 Å². The fourth-order valence-electron chi connectivity index (χ4n) is 4.21. The molecular weight excluding hydrogens is 314 g/mol. The Morgan fingerprint density at radius 3 is 2.28 bits per heavy atom. The molecule has 4 heteroatoms. The molecule has 2 atom stereocenters. The molecule has 4 nitrogen and oxygen atoms in total. The first-order chi connectivity index (χ1) is 12.2. The van der Waals surface area contributed by atoms with Crippen molar-refractivity contribution in [2.45, 2.75) is 25.3 Å². The summed E-state index contributed by atoms with van der Waals surface area (Å²) in [7, 11) is 0. The summed E-state index contributed by atoms with van der Waals surface area (Å²) in [5.41, 5.74) is 4.90. The van der Waals surface area contributed by atoms with Gasteiger partial charge in [0, 0.05) is 31.0 Å². The van der Waals surface area contributed by atoms with E-state index in [0.29, 0.717) is 13.2 Å². The molecule has 0 spiro atoms. The van der Waals surface area contributed by atoms with Crippen LogP contribution in [0.1, 0.15) is 30.4 Å². The average Bonchev–Trinajstić information content (AvgIpc) is 3.18. The first kappa shape index (κ1) is 16.2. The molecule has 0 radical (unpaired) electrons. The van der Waals surface area contributed by atoms with Gasteiger partial charge in [0.25, 0.3) is 0 Å². The van der Waals surface area contributed by atoms with Crippen LogP contribution in [0.15, 0.2) is 48.5 Å². The summed E-state index contributed by atoms with van der Waals surface area (Å²) in [6.07, 6.45) is 0.561. The van der Waals surface area contributed by atoms with Gasteiger partial charge in [0.1, 0.15) is 6.61 Å². The number of nitrogens with zero attached hydrogens (tertiary/aromatic N) is 1. The Balaban J connectivity index is 1.51. The SMILES string of the molecule is CC1CC(CO)CN1C(=O)OCC1c2ccccc2-c2ccccc21. The summed E-state index contributed by atoms with van der Waals surface area (Å²) in [5.74, 6) is 0.249. The summed E-state index contributed by atoms with van der Waals surface area (Å²) in [6, 6.07) is 16.8. The third kappa shape index (κ3) is 2.81. The van der Waals surface area contributed by atoms with Gasteiger partial charge in [0.05, 0.1) is 0 Å². The highest BCUT2D eigenvalue weighted by Gasteiger charge is 2.34. The van der Waals surface area contributed by atoms with Gasteiger partial charge in [0.2, 0.25) is 0 Å². The minimum atomic E-state index is -0.273. The second-order valence-corrected chi connectivity index (χ2v) is 7.09. The smallest absolute Gasteiger partial charge is 0.410 e. The number of amides is 1.